The minimum absolute atomic E-state index is 0.0140. The lowest BCUT2D eigenvalue weighted by molar-refractivity contribution is -0.155. The number of primary amides is 1. The molecule has 0 aliphatic carbocycles. The van der Waals surface area contributed by atoms with E-state index in [-0.39, 0.29) is 25.3 Å². The topological polar surface area (TPSA) is 98.5 Å². The second kappa shape index (κ2) is 6.54. The molecule has 0 fully saturated rings. The van der Waals surface area contributed by atoms with Crippen molar-refractivity contribution in [2.75, 3.05) is 6.54 Å². The highest BCUT2D eigenvalue weighted by Crippen LogP contribution is 2.12. The quantitative estimate of drug-likeness (QED) is 0.696. The summed E-state index contributed by atoms with van der Waals surface area (Å²) in [6.45, 7) is 8.73. The van der Waals surface area contributed by atoms with Crippen LogP contribution in [-0.4, -0.2) is 29.9 Å². The minimum Gasteiger partial charge on any atom is -0.460 e. The maximum atomic E-state index is 11.5. The highest BCUT2D eigenvalue weighted by atomic mass is 16.6. The normalized spacial score (nSPS) is 11.8. The van der Waals surface area contributed by atoms with Crippen molar-refractivity contribution < 1.29 is 19.1 Å². The van der Waals surface area contributed by atoms with Gasteiger partial charge in [-0.25, -0.2) is 0 Å². The summed E-state index contributed by atoms with van der Waals surface area (Å²) in [5.74, 6) is -1.21. The fourth-order valence-electron chi connectivity index (χ4n) is 1.10. The second-order valence-corrected chi connectivity index (χ2v) is 6.11. The van der Waals surface area contributed by atoms with E-state index in [4.69, 9.17) is 10.5 Å². The average molecular weight is 272 g/mol. The molecule has 0 spiro atoms. The van der Waals surface area contributed by atoms with Crippen LogP contribution in [-0.2, 0) is 19.1 Å². The van der Waals surface area contributed by atoms with Gasteiger partial charge in [0.1, 0.15) is 5.60 Å². The van der Waals surface area contributed by atoms with Gasteiger partial charge in [0.15, 0.2) is 0 Å². The van der Waals surface area contributed by atoms with Crippen LogP contribution in [0, 0.1) is 5.41 Å². The fraction of sp³-hybridized carbons (Fsp3) is 0.769. The summed E-state index contributed by atoms with van der Waals surface area (Å²) in [6, 6.07) is 0. The molecule has 0 bridgehead atoms. The molecule has 2 amide bonds. The van der Waals surface area contributed by atoms with Crippen molar-refractivity contribution in [2.24, 2.45) is 11.1 Å². The van der Waals surface area contributed by atoms with Crippen LogP contribution < -0.4 is 11.1 Å². The molecule has 0 radical (unpaired) electrons. The van der Waals surface area contributed by atoms with E-state index in [1.165, 1.54) is 0 Å². The van der Waals surface area contributed by atoms with Crippen molar-refractivity contribution in [2.45, 2.75) is 53.1 Å². The van der Waals surface area contributed by atoms with Gasteiger partial charge in [0, 0.05) is 13.0 Å². The standard InChI is InChI=1S/C13H24N2O4/c1-12(2,3)19-10(17)7-6-9(16)15-8-13(4,5)11(14)18/h6-8H2,1-5H3,(H2,14,18)(H,15,16). The van der Waals surface area contributed by atoms with Crippen molar-refractivity contribution >= 4 is 17.8 Å². The lowest BCUT2D eigenvalue weighted by Gasteiger charge is -2.21. The van der Waals surface area contributed by atoms with E-state index in [0.717, 1.165) is 0 Å². The Balaban J connectivity index is 4.01. The van der Waals surface area contributed by atoms with Crippen molar-refractivity contribution in [3.05, 3.63) is 0 Å². The van der Waals surface area contributed by atoms with E-state index < -0.39 is 22.9 Å². The fourth-order valence-corrected chi connectivity index (χ4v) is 1.10. The summed E-state index contributed by atoms with van der Waals surface area (Å²) in [7, 11) is 0. The number of hydrogen-bond acceptors (Lipinski definition) is 4. The van der Waals surface area contributed by atoms with E-state index in [1.807, 2.05) is 0 Å². The van der Waals surface area contributed by atoms with Crippen LogP contribution in [0.5, 0.6) is 0 Å². The molecule has 0 aromatic carbocycles. The van der Waals surface area contributed by atoms with Crippen molar-refractivity contribution in [1.29, 1.82) is 0 Å². The summed E-state index contributed by atoms with van der Waals surface area (Å²) >= 11 is 0. The molecule has 0 aromatic heterocycles. The number of esters is 1. The highest BCUT2D eigenvalue weighted by molar-refractivity contribution is 5.83. The van der Waals surface area contributed by atoms with Crippen LogP contribution in [0.25, 0.3) is 0 Å². The zero-order valence-corrected chi connectivity index (χ0v) is 12.3. The molecule has 110 valence electrons. The Kier molecular flexibility index (Phi) is 5.99. The van der Waals surface area contributed by atoms with Gasteiger partial charge in [-0.2, -0.15) is 0 Å². The largest absolute Gasteiger partial charge is 0.460 e. The molecular weight excluding hydrogens is 248 g/mol. The third-order valence-electron chi connectivity index (χ3n) is 2.37. The van der Waals surface area contributed by atoms with Crippen LogP contribution in [0.1, 0.15) is 47.5 Å². The number of carbonyl (C=O) groups excluding carboxylic acids is 3. The van der Waals surface area contributed by atoms with Crippen LogP contribution in [0.4, 0.5) is 0 Å². The summed E-state index contributed by atoms with van der Waals surface area (Å²) in [6.07, 6.45) is 0.0455. The van der Waals surface area contributed by atoms with Gasteiger partial charge in [0.2, 0.25) is 11.8 Å². The van der Waals surface area contributed by atoms with Gasteiger partial charge in [0.05, 0.1) is 11.8 Å². The van der Waals surface area contributed by atoms with Crippen LogP contribution in [0.2, 0.25) is 0 Å². The van der Waals surface area contributed by atoms with E-state index in [9.17, 15) is 14.4 Å². The third kappa shape index (κ3) is 8.18. The molecule has 19 heavy (non-hydrogen) atoms. The Labute approximate surface area is 114 Å². The van der Waals surface area contributed by atoms with Crippen LogP contribution >= 0.6 is 0 Å². The Bertz CT molecular complexity index is 356. The van der Waals surface area contributed by atoms with Gasteiger partial charge < -0.3 is 15.8 Å². The first-order valence-electron chi connectivity index (χ1n) is 6.22. The van der Waals surface area contributed by atoms with Crippen molar-refractivity contribution in [3.8, 4) is 0 Å². The number of nitrogens with two attached hydrogens (primary N) is 1. The molecule has 0 aliphatic heterocycles. The van der Waals surface area contributed by atoms with Crippen molar-refractivity contribution in [3.63, 3.8) is 0 Å². The Hall–Kier alpha value is -1.59. The first-order chi connectivity index (χ1) is 8.44. The second-order valence-electron chi connectivity index (χ2n) is 6.11. The van der Waals surface area contributed by atoms with E-state index in [2.05, 4.69) is 5.32 Å². The first-order valence-corrected chi connectivity index (χ1v) is 6.22. The zero-order chi connectivity index (χ0) is 15.3. The Morgan fingerprint density at radius 3 is 2.00 bits per heavy atom. The lowest BCUT2D eigenvalue weighted by Crippen LogP contribution is -2.42. The number of hydrogen-bond donors (Lipinski definition) is 2. The van der Waals surface area contributed by atoms with E-state index in [1.54, 1.807) is 34.6 Å². The maximum Gasteiger partial charge on any atom is 0.306 e. The summed E-state index contributed by atoms with van der Waals surface area (Å²) in [4.78, 5) is 34.0. The van der Waals surface area contributed by atoms with Gasteiger partial charge >= 0.3 is 5.97 Å². The average Bonchev–Trinajstić information content (AvgIpc) is 2.21. The molecular formula is C13H24N2O4. The number of ether oxygens (including phenoxy) is 1. The van der Waals surface area contributed by atoms with E-state index in [0.29, 0.717) is 0 Å². The number of rotatable bonds is 6. The number of nitrogens with one attached hydrogen (secondary N) is 1. The third-order valence-corrected chi connectivity index (χ3v) is 2.37. The summed E-state index contributed by atoms with van der Waals surface area (Å²) in [5.41, 5.74) is 3.83. The zero-order valence-electron chi connectivity index (χ0n) is 12.3. The highest BCUT2D eigenvalue weighted by Gasteiger charge is 2.25. The minimum atomic E-state index is -0.804. The molecule has 0 rings (SSSR count). The van der Waals surface area contributed by atoms with Crippen LogP contribution in [0.3, 0.4) is 0 Å². The van der Waals surface area contributed by atoms with Gasteiger partial charge in [-0.05, 0) is 34.6 Å². The van der Waals surface area contributed by atoms with Crippen molar-refractivity contribution in [1.82, 2.24) is 5.32 Å². The van der Waals surface area contributed by atoms with Gasteiger partial charge in [0.25, 0.3) is 0 Å². The predicted octanol–water partition coefficient (Wildman–Crippen LogP) is 0.736. The molecule has 0 unspecified atom stereocenters. The Morgan fingerprint density at radius 2 is 1.58 bits per heavy atom. The molecule has 6 heteroatoms. The molecule has 0 heterocycles. The molecule has 0 atom stereocenters. The van der Waals surface area contributed by atoms with Gasteiger partial charge in [-0.15, -0.1) is 0 Å². The van der Waals surface area contributed by atoms with Gasteiger partial charge in [-0.3, -0.25) is 14.4 Å². The smallest absolute Gasteiger partial charge is 0.306 e. The maximum absolute atomic E-state index is 11.5. The molecule has 0 aromatic rings. The molecule has 0 saturated carbocycles. The molecule has 6 nitrogen and oxygen atoms in total. The molecule has 0 aliphatic rings. The first kappa shape index (κ1) is 17.4. The summed E-state index contributed by atoms with van der Waals surface area (Å²) < 4.78 is 5.08. The van der Waals surface area contributed by atoms with E-state index >= 15 is 0 Å². The summed E-state index contributed by atoms with van der Waals surface area (Å²) in [5, 5.41) is 2.57. The number of carbonyl (C=O) groups is 3. The lowest BCUT2D eigenvalue weighted by atomic mass is 9.93. The monoisotopic (exact) mass is 272 g/mol. The van der Waals surface area contributed by atoms with Crippen LogP contribution in [0.15, 0.2) is 0 Å². The van der Waals surface area contributed by atoms with Gasteiger partial charge in [-0.1, -0.05) is 0 Å². The SMILES string of the molecule is CC(C)(C)OC(=O)CCC(=O)NCC(C)(C)C(N)=O. The Morgan fingerprint density at radius 1 is 1.05 bits per heavy atom. The molecule has 0 saturated heterocycles. The molecule has 3 N–H and O–H groups in total. The predicted molar refractivity (Wildman–Crippen MR) is 71.1 cm³/mol. The number of amides is 2.